The zero-order valence-corrected chi connectivity index (χ0v) is 15.6. The summed E-state index contributed by atoms with van der Waals surface area (Å²) in [6.45, 7) is 0. The van der Waals surface area contributed by atoms with Gasteiger partial charge >= 0.3 is 80.8 Å². The van der Waals surface area contributed by atoms with Gasteiger partial charge in [0.15, 0.2) is 0 Å². The number of hydrogen-bond donors (Lipinski definition) is 0. The summed E-state index contributed by atoms with van der Waals surface area (Å²) in [5.74, 6) is 0. The Bertz CT molecular complexity index is 135. The molecule has 0 aliphatic heterocycles. The average molecular weight is 483 g/mol. The van der Waals surface area contributed by atoms with Gasteiger partial charge in [-0.3, -0.25) is 0 Å². The quantitative estimate of drug-likeness (QED) is 0.296. The van der Waals surface area contributed by atoms with Crippen molar-refractivity contribution in [2.45, 2.75) is 0 Å². The van der Waals surface area contributed by atoms with Crippen molar-refractivity contribution in [3.63, 3.8) is 0 Å². The first-order valence-electron chi connectivity index (χ1n) is 1.84. The molecule has 0 rings (SSSR count). The van der Waals surface area contributed by atoms with Crippen LogP contribution in [0.15, 0.2) is 0 Å². The molecule has 20 heteroatoms. The molecule has 0 aromatic rings. The molecule has 0 aliphatic carbocycles. The Balaban J connectivity index is -0.00000000562. The second-order valence-electron chi connectivity index (χ2n) is 0.750. The summed E-state index contributed by atoms with van der Waals surface area (Å²) in [5, 5.41) is 0. The smallest absolute Gasteiger partial charge is 0.672 e. The van der Waals surface area contributed by atoms with Crippen molar-refractivity contribution < 1.29 is 87.2 Å². The van der Waals surface area contributed by atoms with Crippen LogP contribution in [0.4, 0.5) is 0 Å². The van der Waals surface area contributed by atoms with E-state index in [4.69, 9.17) is 42.2 Å². The molecule has 0 radical (unpaired) electrons. The van der Waals surface area contributed by atoms with E-state index in [9.17, 15) is 0 Å². The minimum Gasteiger partial charge on any atom is -0.672 e. The molecule has 0 amide bonds. The van der Waals surface area contributed by atoms with E-state index in [1.54, 1.807) is 0 Å². The largest absolute Gasteiger partial charge is 3.00 e. The monoisotopic (exact) mass is 482 g/mol. The molecule has 112 valence electrons. The molecule has 0 aromatic heterocycles. The van der Waals surface area contributed by atoms with Gasteiger partial charge in [-0.05, 0) is 0 Å². The molecule has 0 heterocycles. The van der Waals surface area contributed by atoms with Crippen molar-refractivity contribution in [3.05, 3.63) is 0 Å². The van der Waals surface area contributed by atoms with E-state index in [1.165, 1.54) is 0 Å². The fourth-order valence-corrected chi connectivity index (χ4v) is 0. The van der Waals surface area contributed by atoms with Gasteiger partial charge < -0.3 is 53.1 Å². The Morgan fingerprint density at radius 3 is 0.500 bits per heavy atom. The summed E-state index contributed by atoms with van der Waals surface area (Å²) in [5.41, 5.74) is 0. The van der Waals surface area contributed by atoms with Crippen LogP contribution < -0.4 is 28.8 Å². The van der Waals surface area contributed by atoms with Crippen LogP contribution in [0, 0.1) is 0 Å². The first kappa shape index (κ1) is 78.9. The Morgan fingerprint density at radius 1 is 0.500 bits per heavy atom. The normalized spacial score (nSPS) is 3.60. The molecular formula is H8Al2Fe2Mg2O11Si3. The SMILES string of the molecule is O.O.O=[Si]([O-])[O-].O=[Si]([O-])[O-].O=[Si]([O-])[O-].[Al+3].[Al+3].[Fe].[Fe].[MgH2].[MgH2]. The van der Waals surface area contributed by atoms with Crippen molar-refractivity contribution in [3.8, 4) is 0 Å². The first-order valence-corrected chi connectivity index (χ1v) is 5.51. The van der Waals surface area contributed by atoms with Crippen LogP contribution >= 0.6 is 0 Å². The summed E-state index contributed by atoms with van der Waals surface area (Å²) >= 11 is 0. The topological polar surface area (TPSA) is 253 Å². The summed E-state index contributed by atoms with van der Waals surface area (Å²) in [6, 6.07) is 0. The average Bonchev–Trinajstić information content (AvgIpc) is 1.54. The molecule has 0 aromatic carbocycles. The van der Waals surface area contributed by atoms with E-state index < -0.39 is 27.5 Å². The van der Waals surface area contributed by atoms with Crippen molar-refractivity contribution in [2.24, 2.45) is 0 Å². The van der Waals surface area contributed by atoms with E-state index in [1.807, 2.05) is 0 Å². The van der Waals surface area contributed by atoms with Gasteiger partial charge in [-0.15, -0.1) is 0 Å². The number of hydrogen-bond acceptors (Lipinski definition) is 9. The molecule has 0 saturated carbocycles. The van der Waals surface area contributed by atoms with Gasteiger partial charge in [-0.25, -0.2) is 0 Å². The van der Waals surface area contributed by atoms with E-state index in [0.717, 1.165) is 0 Å². The minimum atomic E-state index is -3.63. The van der Waals surface area contributed by atoms with Gasteiger partial charge in [0, 0.05) is 61.6 Å². The van der Waals surface area contributed by atoms with Crippen LogP contribution in [-0.2, 0) is 47.5 Å². The fourth-order valence-electron chi connectivity index (χ4n) is 0. The summed E-state index contributed by atoms with van der Waals surface area (Å²) in [4.78, 5) is 51.1. The molecule has 0 aliphatic rings. The number of rotatable bonds is 0. The summed E-state index contributed by atoms with van der Waals surface area (Å²) in [7, 11) is -10.9. The van der Waals surface area contributed by atoms with Crippen LogP contribution in [0.2, 0.25) is 0 Å². The Morgan fingerprint density at radius 2 is 0.500 bits per heavy atom. The van der Waals surface area contributed by atoms with E-state index >= 15 is 0 Å². The Labute approximate surface area is 193 Å². The maximum absolute atomic E-state index is 8.52. The fraction of sp³-hybridized carbons (Fsp3) is 0. The molecule has 11 nitrogen and oxygen atoms in total. The van der Waals surface area contributed by atoms with Gasteiger partial charge in [0.25, 0.3) is 0 Å². The Kier molecular flexibility index (Phi) is 270. The molecule has 0 saturated heterocycles. The second-order valence-corrected chi connectivity index (χ2v) is 2.25. The molecule has 0 bridgehead atoms. The van der Waals surface area contributed by atoms with Gasteiger partial charge in [-0.1, -0.05) is 0 Å². The summed E-state index contributed by atoms with van der Waals surface area (Å²) in [6.07, 6.45) is 0. The minimum absolute atomic E-state index is 0. The van der Waals surface area contributed by atoms with Crippen LogP contribution in [-0.4, -0.2) is 119 Å². The van der Waals surface area contributed by atoms with Gasteiger partial charge in [0.2, 0.25) is 0 Å². The maximum atomic E-state index is 8.52. The molecule has 0 spiro atoms. The third-order valence-corrected chi connectivity index (χ3v) is 0. The predicted molar refractivity (Wildman–Crippen MR) is 55.1 cm³/mol. The van der Waals surface area contributed by atoms with Gasteiger partial charge in [0.1, 0.15) is 0 Å². The predicted octanol–water partition coefficient (Wildman–Crippen LogP) is -12.9. The third-order valence-electron chi connectivity index (χ3n) is 0. The molecule has 0 fully saturated rings. The second kappa shape index (κ2) is 68.5. The van der Waals surface area contributed by atoms with E-state index in [0.29, 0.717) is 0 Å². The molecule has 4 N–H and O–H groups in total. The van der Waals surface area contributed by atoms with E-state index in [-0.39, 0.29) is 126 Å². The van der Waals surface area contributed by atoms with Gasteiger partial charge in [0.05, 0.1) is 0 Å². The molecule has 0 atom stereocenters. The third kappa shape index (κ3) is 1330. The molecule has 0 unspecified atom stereocenters. The van der Waals surface area contributed by atoms with Crippen LogP contribution in [0.25, 0.3) is 0 Å². The van der Waals surface area contributed by atoms with Crippen molar-refractivity contribution in [2.75, 3.05) is 0 Å². The van der Waals surface area contributed by atoms with Crippen molar-refractivity contribution >= 4 is 108 Å². The van der Waals surface area contributed by atoms with Crippen molar-refractivity contribution in [1.82, 2.24) is 0 Å². The standard InChI is InChI=1S/2Al.2Fe.2Mg.3O3Si.2H2O.4H/c;;;;;;3*1-4(2)3;;;;;;/h;;;;;;;;;2*1H2;;;;/q2*+3;;;;;3*-2;;;;;;. The molecular weight excluding hydrogens is 475 g/mol. The Hall–Kier alpha value is 2.41. The van der Waals surface area contributed by atoms with Crippen LogP contribution in [0.3, 0.4) is 0 Å². The van der Waals surface area contributed by atoms with Crippen LogP contribution in [0.5, 0.6) is 0 Å². The first-order chi connectivity index (χ1) is 5.20. The van der Waals surface area contributed by atoms with Crippen molar-refractivity contribution in [1.29, 1.82) is 0 Å². The zero-order chi connectivity index (χ0) is 10.7. The van der Waals surface area contributed by atoms with Gasteiger partial charge in [-0.2, -0.15) is 0 Å². The summed E-state index contributed by atoms with van der Waals surface area (Å²) < 4.78 is 25.6. The zero-order valence-electron chi connectivity index (χ0n) is 8.04. The maximum Gasteiger partial charge on any atom is 3.00 e. The molecule has 20 heavy (non-hydrogen) atoms. The van der Waals surface area contributed by atoms with E-state index in [2.05, 4.69) is 0 Å². The van der Waals surface area contributed by atoms with Crippen LogP contribution in [0.1, 0.15) is 0 Å².